The first-order valence-corrected chi connectivity index (χ1v) is 13.9. The van der Waals surface area contributed by atoms with E-state index >= 15 is 0 Å². The highest BCUT2D eigenvalue weighted by molar-refractivity contribution is 6.19. The van der Waals surface area contributed by atoms with Gasteiger partial charge in [-0.3, -0.25) is 19.4 Å². The van der Waals surface area contributed by atoms with Gasteiger partial charge in [0.05, 0.1) is 18.8 Å². The molecule has 1 atom stereocenters. The van der Waals surface area contributed by atoms with Crippen LogP contribution in [0.5, 0.6) is 0 Å². The van der Waals surface area contributed by atoms with E-state index in [2.05, 4.69) is 15.6 Å². The van der Waals surface area contributed by atoms with Crippen LogP contribution in [0.25, 0.3) is 0 Å². The molecular formula is C31H32ClFN6O3. The lowest BCUT2D eigenvalue weighted by Crippen LogP contribution is -2.46. The summed E-state index contributed by atoms with van der Waals surface area (Å²) in [4.78, 5) is 47.8. The van der Waals surface area contributed by atoms with E-state index in [-0.39, 0.29) is 42.2 Å². The fourth-order valence-electron chi connectivity index (χ4n) is 4.64. The number of nitrogens with zero attached hydrogens (tertiary/aromatic N) is 2. The number of anilines is 2. The first-order chi connectivity index (χ1) is 20.2. The Balaban J connectivity index is 1.64. The highest BCUT2D eigenvalue weighted by Gasteiger charge is 2.33. The SMILES string of the molecule is Cc1cccc(NC(=O)C(N)=C2CN(C(=O)c3ccc[nH]3)CC(C)C2=NCc2ccc(F)c(NC(=O)/C=C/CCl)c2)c1. The quantitative estimate of drug-likeness (QED) is 0.222. The van der Waals surface area contributed by atoms with Crippen molar-refractivity contribution in [3.63, 3.8) is 0 Å². The predicted octanol–water partition coefficient (Wildman–Crippen LogP) is 4.78. The Kier molecular flexibility index (Phi) is 9.93. The molecule has 218 valence electrons. The minimum Gasteiger partial charge on any atom is -0.394 e. The third-order valence-electron chi connectivity index (χ3n) is 6.66. The highest BCUT2D eigenvalue weighted by Crippen LogP contribution is 2.25. The van der Waals surface area contributed by atoms with Gasteiger partial charge in [0.1, 0.15) is 17.2 Å². The number of carbonyl (C=O) groups excluding carboxylic acids is 3. The topological polar surface area (TPSA) is 133 Å². The molecule has 4 rings (SSSR count). The molecule has 5 N–H and O–H groups in total. The van der Waals surface area contributed by atoms with E-state index in [1.165, 1.54) is 24.3 Å². The van der Waals surface area contributed by atoms with Gasteiger partial charge in [-0.25, -0.2) is 4.39 Å². The molecule has 1 aliphatic heterocycles. The molecule has 3 aromatic rings. The first-order valence-electron chi connectivity index (χ1n) is 13.3. The number of likely N-dealkylation sites (tertiary alicyclic amines) is 1. The molecule has 42 heavy (non-hydrogen) atoms. The maximum Gasteiger partial charge on any atom is 0.271 e. The lowest BCUT2D eigenvalue weighted by molar-refractivity contribution is -0.113. The molecule has 11 heteroatoms. The molecule has 9 nitrogen and oxygen atoms in total. The molecule has 2 heterocycles. The molecule has 0 aliphatic carbocycles. The number of carbonyl (C=O) groups is 3. The Morgan fingerprint density at radius 1 is 1.17 bits per heavy atom. The Morgan fingerprint density at radius 3 is 2.69 bits per heavy atom. The smallest absolute Gasteiger partial charge is 0.271 e. The van der Waals surface area contributed by atoms with Crippen molar-refractivity contribution >= 4 is 46.4 Å². The second-order valence-corrected chi connectivity index (χ2v) is 10.3. The number of aromatic amines is 1. The average Bonchev–Trinajstić information content (AvgIpc) is 3.51. The van der Waals surface area contributed by atoms with Crippen LogP contribution in [0.2, 0.25) is 0 Å². The number of amides is 3. The highest BCUT2D eigenvalue weighted by atomic mass is 35.5. The standard InChI is InChI=1S/C31H32ClFN6O3/c1-19-6-3-7-22(14-19)37-30(41)28(34)23-18-39(31(42)25-8-5-13-35-25)17-20(2)29(23)36-16-21-10-11-24(33)26(15-21)38-27(40)9-4-12-32/h3-11,13-15,20,35H,12,16-18,34H2,1-2H3,(H,37,41)(H,38,40)/b9-4+,28-23?,36-29?. The molecule has 0 saturated carbocycles. The van der Waals surface area contributed by atoms with E-state index < -0.39 is 17.6 Å². The third-order valence-corrected chi connectivity index (χ3v) is 6.84. The Hall–Kier alpha value is -4.70. The van der Waals surface area contributed by atoms with Gasteiger partial charge in [0.2, 0.25) is 5.91 Å². The Bertz CT molecular complexity index is 1560. The number of nitrogens with two attached hydrogens (primary N) is 1. The summed E-state index contributed by atoms with van der Waals surface area (Å²) in [5.74, 6) is -1.96. The summed E-state index contributed by atoms with van der Waals surface area (Å²) in [7, 11) is 0. The van der Waals surface area contributed by atoms with E-state index in [9.17, 15) is 18.8 Å². The van der Waals surface area contributed by atoms with Crippen LogP contribution < -0.4 is 16.4 Å². The normalized spacial score (nSPS) is 17.4. The van der Waals surface area contributed by atoms with Crippen LogP contribution in [0.15, 0.2) is 89.2 Å². The van der Waals surface area contributed by atoms with E-state index in [4.69, 9.17) is 22.3 Å². The fourth-order valence-corrected chi connectivity index (χ4v) is 4.73. The largest absolute Gasteiger partial charge is 0.394 e. The van der Waals surface area contributed by atoms with Gasteiger partial charge in [0, 0.05) is 47.6 Å². The third kappa shape index (κ3) is 7.52. The monoisotopic (exact) mass is 590 g/mol. The number of allylic oxidation sites excluding steroid dienone is 1. The van der Waals surface area contributed by atoms with Crippen LogP contribution >= 0.6 is 11.6 Å². The lowest BCUT2D eigenvalue weighted by Gasteiger charge is -2.34. The van der Waals surface area contributed by atoms with Crippen LogP contribution in [0, 0.1) is 18.7 Å². The number of aliphatic imine (C=N–C) groups is 1. The van der Waals surface area contributed by atoms with Crippen LogP contribution in [0.4, 0.5) is 15.8 Å². The molecule has 1 fully saturated rings. The van der Waals surface area contributed by atoms with Gasteiger partial charge < -0.3 is 26.3 Å². The second kappa shape index (κ2) is 13.8. The van der Waals surface area contributed by atoms with Gasteiger partial charge in [0.15, 0.2) is 0 Å². The summed E-state index contributed by atoms with van der Waals surface area (Å²) >= 11 is 5.57. The second-order valence-electron chi connectivity index (χ2n) is 9.95. The van der Waals surface area contributed by atoms with Gasteiger partial charge in [-0.15, -0.1) is 11.6 Å². The Morgan fingerprint density at radius 2 is 1.98 bits per heavy atom. The Labute approximate surface area is 248 Å². The van der Waals surface area contributed by atoms with Gasteiger partial charge in [-0.05, 0) is 54.4 Å². The maximum absolute atomic E-state index is 14.4. The van der Waals surface area contributed by atoms with Crippen LogP contribution in [0.3, 0.4) is 0 Å². The molecule has 1 saturated heterocycles. The molecule has 0 bridgehead atoms. The van der Waals surface area contributed by atoms with E-state index in [0.29, 0.717) is 34.8 Å². The fraction of sp³-hybridized carbons (Fsp3) is 0.226. The molecular weight excluding hydrogens is 559 g/mol. The van der Waals surface area contributed by atoms with E-state index in [1.807, 2.05) is 32.0 Å². The van der Waals surface area contributed by atoms with Crippen molar-refractivity contribution in [3.05, 3.63) is 107 Å². The van der Waals surface area contributed by atoms with Crippen molar-refractivity contribution < 1.29 is 18.8 Å². The number of piperidine rings is 1. The maximum atomic E-state index is 14.4. The molecule has 2 aromatic carbocycles. The summed E-state index contributed by atoms with van der Waals surface area (Å²) in [6.45, 7) is 4.37. The lowest BCUT2D eigenvalue weighted by atomic mass is 9.90. The van der Waals surface area contributed by atoms with Gasteiger partial charge in [-0.2, -0.15) is 0 Å². The average molecular weight is 591 g/mol. The molecule has 1 aliphatic rings. The van der Waals surface area contributed by atoms with Crippen LogP contribution in [-0.2, 0) is 16.1 Å². The molecule has 3 amide bonds. The zero-order chi connectivity index (χ0) is 30.2. The first kappa shape index (κ1) is 30.3. The van der Waals surface area contributed by atoms with Crippen molar-refractivity contribution in [3.8, 4) is 0 Å². The number of hydrogen-bond acceptors (Lipinski definition) is 5. The number of alkyl halides is 1. The van der Waals surface area contributed by atoms with Crippen molar-refractivity contribution in [2.75, 3.05) is 29.6 Å². The zero-order valence-electron chi connectivity index (χ0n) is 23.3. The summed E-state index contributed by atoms with van der Waals surface area (Å²) in [6, 6.07) is 15.1. The number of benzene rings is 2. The van der Waals surface area contributed by atoms with Crippen molar-refractivity contribution in [1.29, 1.82) is 0 Å². The van der Waals surface area contributed by atoms with Gasteiger partial charge >= 0.3 is 0 Å². The van der Waals surface area contributed by atoms with Gasteiger partial charge in [0.25, 0.3) is 11.8 Å². The number of H-pyrrole nitrogens is 1. The molecule has 1 aromatic heterocycles. The van der Waals surface area contributed by atoms with E-state index in [1.54, 1.807) is 35.4 Å². The molecule has 1 unspecified atom stereocenters. The van der Waals surface area contributed by atoms with Crippen LogP contribution in [-0.4, -0.2) is 52.3 Å². The van der Waals surface area contributed by atoms with Gasteiger partial charge in [-0.1, -0.05) is 31.2 Å². The number of rotatable bonds is 8. The summed E-state index contributed by atoms with van der Waals surface area (Å²) < 4.78 is 14.4. The molecule has 0 spiro atoms. The number of halogens is 2. The van der Waals surface area contributed by atoms with Crippen LogP contribution in [0.1, 0.15) is 28.5 Å². The molecule has 0 radical (unpaired) electrons. The number of aromatic nitrogens is 1. The van der Waals surface area contributed by atoms with Crippen molar-refractivity contribution in [2.45, 2.75) is 20.4 Å². The zero-order valence-corrected chi connectivity index (χ0v) is 24.0. The summed E-state index contributed by atoms with van der Waals surface area (Å²) in [6.07, 6.45) is 4.35. The van der Waals surface area contributed by atoms with Crippen molar-refractivity contribution in [2.24, 2.45) is 16.6 Å². The van der Waals surface area contributed by atoms with Crippen molar-refractivity contribution in [1.82, 2.24) is 9.88 Å². The predicted molar refractivity (Wildman–Crippen MR) is 163 cm³/mol. The summed E-state index contributed by atoms with van der Waals surface area (Å²) in [5.41, 5.74) is 10.0. The summed E-state index contributed by atoms with van der Waals surface area (Å²) in [5, 5.41) is 5.32. The minimum atomic E-state index is -0.596. The number of hydrogen-bond donors (Lipinski definition) is 4. The van der Waals surface area contributed by atoms with E-state index in [0.717, 1.165) is 5.56 Å². The number of nitrogens with one attached hydrogen (secondary N) is 3. The number of aryl methyl sites for hydroxylation is 1. The minimum absolute atomic E-state index is 0.00384.